The molecule has 4 nitrogen and oxygen atoms in total. The third-order valence-electron chi connectivity index (χ3n) is 8.59. The van der Waals surface area contributed by atoms with Gasteiger partial charge in [-0.25, -0.2) is 9.97 Å². The quantitative estimate of drug-likeness (QED) is 0.209. The Morgan fingerprint density at radius 1 is 0.535 bits per heavy atom. The fourth-order valence-electron chi connectivity index (χ4n) is 6.61. The number of nitrogens with zero attached hydrogens (tertiary/aromatic N) is 3. The molecule has 0 aliphatic heterocycles. The molecule has 0 spiro atoms. The van der Waals surface area contributed by atoms with E-state index in [0.29, 0.717) is 5.95 Å². The Balaban J connectivity index is 1.36. The summed E-state index contributed by atoms with van der Waals surface area (Å²) in [7, 11) is 0. The first-order valence-corrected chi connectivity index (χ1v) is 15.2. The van der Waals surface area contributed by atoms with Gasteiger partial charge in [0.2, 0.25) is 5.95 Å². The highest BCUT2D eigenvalue weighted by Gasteiger charge is 2.21. The average molecular weight is 568 g/mol. The second kappa shape index (κ2) is 8.51. The van der Waals surface area contributed by atoms with E-state index in [0.717, 1.165) is 70.6 Å². The van der Waals surface area contributed by atoms with Crippen LogP contribution in [0.3, 0.4) is 0 Å². The van der Waals surface area contributed by atoms with Crippen molar-refractivity contribution >= 4 is 86.2 Å². The Morgan fingerprint density at radius 3 is 2.16 bits per heavy atom. The van der Waals surface area contributed by atoms with E-state index in [2.05, 4.69) is 114 Å². The lowest BCUT2D eigenvalue weighted by Crippen LogP contribution is -2.02. The SMILES string of the molecule is c1ccc(-c2nc(-n3c4ccccc4c4cc5c(cc43)oc3ccccc35)nc3c2sc2cc4ccccc4cc23)cc1. The summed E-state index contributed by atoms with van der Waals surface area (Å²) in [5.41, 5.74) is 6.84. The summed E-state index contributed by atoms with van der Waals surface area (Å²) < 4.78 is 10.9. The van der Waals surface area contributed by atoms with Crippen LogP contribution < -0.4 is 0 Å². The Morgan fingerprint density at radius 2 is 1.28 bits per heavy atom. The minimum absolute atomic E-state index is 0.654. The molecule has 0 fully saturated rings. The topological polar surface area (TPSA) is 43.9 Å². The van der Waals surface area contributed by atoms with Crippen LogP contribution in [-0.4, -0.2) is 14.5 Å². The van der Waals surface area contributed by atoms with Crippen molar-refractivity contribution < 1.29 is 4.42 Å². The summed E-state index contributed by atoms with van der Waals surface area (Å²) in [6, 6.07) is 44.7. The fourth-order valence-corrected chi connectivity index (χ4v) is 7.80. The number of hydrogen-bond acceptors (Lipinski definition) is 4. The second-order valence-corrected chi connectivity index (χ2v) is 12.1. The molecule has 0 aliphatic carbocycles. The standard InChI is InChI=1S/C38H21N3OS/c1-2-10-22(11-3-1)35-37-36(29-18-23-12-4-5-13-24(23)19-34(29)43-37)40-38(39-35)41-30-16-8-6-14-25(30)27-20-28-26-15-7-9-17-32(26)42-33(28)21-31(27)41/h1-21H. The van der Waals surface area contributed by atoms with Crippen molar-refractivity contribution in [3.63, 3.8) is 0 Å². The number of rotatable bonds is 2. The predicted octanol–water partition coefficient (Wildman–Crippen LogP) is 10.7. The van der Waals surface area contributed by atoms with Crippen LogP contribution >= 0.6 is 11.3 Å². The van der Waals surface area contributed by atoms with E-state index in [4.69, 9.17) is 14.4 Å². The summed E-state index contributed by atoms with van der Waals surface area (Å²) in [6.45, 7) is 0. The number of para-hydroxylation sites is 2. The maximum atomic E-state index is 6.34. The van der Waals surface area contributed by atoms with Gasteiger partial charge < -0.3 is 4.42 Å². The highest BCUT2D eigenvalue weighted by Crippen LogP contribution is 2.42. The number of fused-ring (bicyclic) bond motifs is 10. The summed E-state index contributed by atoms with van der Waals surface area (Å²) >= 11 is 1.77. The zero-order valence-corrected chi connectivity index (χ0v) is 23.6. The zero-order valence-electron chi connectivity index (χ0n) is 22.8. The molecule has 10 rings (SSSR count). The van der Waals surface area contributed by atoms with Gasteiger partial charge in [-0.1, -0.05) is 91.0 Å². The van der Waals surface area contributed by atoms with Crippen LogP contribution in [0.2, 0.25) is 0 Å². The molecule has 0 bridgehead atoms. The van der Waals surface area contributed by atoms with Crippen LogP contribution in [0.5, 0.6) is 0 Å². The summed E-state index contributed by atoms with van der Waals surface area (Å²) in [5.74, 6) is 0.654. The smallest absolute Gasteiger partial charge is 0.235 e. The molecule has 0 N–H and O–H groups in total. The van der Waals surface area contributed by atoms with Gasteiger partial charge in [0, 0.05) is 43.3 Å². The van der Waals surface area contributed by atoms with Gasteiger partial charge in [-0.2, -0.15) is 0 Å². The lowest BCUT2D eigenvalue weighted by Gasteiger charge is -2.10. The molecule has 6 aromatic carbocycles. The average Bonchev–Trinajstić information content (AvgIpc) is 3.71. The number of thiophene rings is 1. The Labute approximate surface area is 249 Å². The van der Waals surface area contributed by atoms with E-state index in [9.17, 15) is 0 Å². The Kier molecular flexibility index (Phi) is 4.57. The van der Waals surface area contributed by atoms with Crippen molar-refractivity contribution in [2.75, 3.05) is 0 Å². The molecule has 43 heavy (non-hydrogen) atoms. The van der Waals surface area contributed by atoms with Gasteiger partial charge in [0.15, 0.2) is 0 Å². The second-order valence-electron chi connectivity index (χ2n) is 11.0. The molecular formula is C38H21N3OS. The Hall–Kier alpha value is -5.52. The molecule has 5 heteroatoms. The van der Waals surface area contributed by atoms with Crippen LogP contribution in [0, 0.1) is 0 Å². The van der Waals surface area contributed by atoms with Gasteiger partial charge >= 0.3 is 0 Å². The number of benzene rings is 6. The fraction of sp³-hybridized carbons (Fsp3) is 0. The molecule has 0 amide bonds. The van der Waals surface area contributed by atoms with Crippen molar-refractivity contribution in [3.8, 4) is 17.2 Å². The molecule has 0 aliphatic rings. The van der Waals surface area contributed by atoms with Gasteiger partial charge in [-0.15, -0.1) is 11.3 Å². The first kappa shape index (κ1) is 23.1. The molecule has 0 radical (unpaired) electrons. The van der Waals surface area contributed by atoms with Gasteiger partial charge in [0.1, 0.15) is 11.2 Å². The molecule has 10 aromatic rings. The van der Waals surface area contributed by atoms with Crippen molar-refractivity contribution in [1.29, 1.82) is 0 Å². The molecule has 0 unspecified atom stereocenters. The van der Waals surface area contributed by atoms with E-state index >= 15 is 0 Å². The van der Waals surface area contributed by atoms with Crippen LogP contribution in [0.25, 0.3) is 92.0 Å². The van der Waals surface area contributed by atoms with Gasteiger partial charge in [0.05, 0.1) is 26.9 Å². The maximum Gasteiger partial charge on any atom is 0.235 e. The van der Waals surface area contributed by atoms with E-state index in [1.807, 2.05) is 18.2 Å². The maximum absolute atomic E-state index is 6.34. The first-order chi connectivity index (χ1) is 21.3. The lowest BCUT2D eigenvalue weighted by atomic mass is 10.1. The van der Waals surface area contributed by atoms with E-state index in [-0.39, 0.29) is 0 Å². The third-order valence-corrected chi connectivity index (χ3v) is 9.74. The molecule has 4 aromatic heterocycles. The first-order valence-electron chi connectivity index (χ1n) is 14.3. The largest absolute Gasteiger partial charge is 0.456 e. The molecule has 0 saturated heterocycles. The summed E-state index contributed by atoms with van der Waals surface area (Å²) in [6.07, 6.45) is 0. The molecular weight excluding hydrogens is 547 g/mol. The molecule has 0 atom stereocenters. The van der Waals surface area contributed by atoms with Crippen molar-refractivity contribution in [1.82, 2.24) is 14.5 Å². The minimum Gasteiger partial charge on any atom is -0.456 e. The number of furan rings is 1. The van der Waals surface area contributed by atoms with Gasteiger partial charge in [-0.05, 0) is 41.1 Å². The van der Waals surface area contributed by atoms with Crippen LogP contribution in [0.4, 0.5) is 0 Å². The third kappa shape index (κ3) is 3.25. The predicted molar refractivity (Wildman–Crippen MR) is 179 cm³/mol. The van der Waals surface area contributed by atoms with Crippen LogP contribution in [0.15, 0.2) is 132 Å². The normalized spacial score (nSPS) is 12.2. The zero-order chi connectivity index (χ0) is 28.1. The Bertz CT molecular complexity index is 2730. The highest BCUT2D eigenvalue weighted by atomic mass is 32.1. The van der Waals surface area contributed by atoms with Crippen molar-refractivity contribution in [3.05, 3.63) is 127 Å². The van der Waals surface area contributed by atoms with E-state index in [1.165, 1.54) is 15.5 Å². The molecule has 200 valence electrons. The summed E-state index contributed by atoms with van der Waals surface area (Å²) in [4.78, 5) is 10.7. The highest BCUT2D eigenvalue weighted by molar-refractivity contribution is 7.26. The van der Waals surface area contributed by atoms with Crippen LogP contribution in [-0.2, 0) is 0 Å². The number of hydrogen-bond donors (Lipinski definition) is 0. The van der Waals surface area contributed by atoms with Crippen molar-refractivity contribution in [2.45, 2.75) is 0 Å². The van der Waals surface area contributed by atoms with Gasteiger partial charge in [-0.3, -0.25) is 4.57 Å². The van der Waals surface area contributed by atoms with E-state index in [1.54, 1.807) is 11.3 Å². The molecule has 4 heterocycles. The number of aromatic nitrogens is 3. The van der Waals surface area contributed by atoms with Gasteiger partial charge in [0.25, 0.3) is 0 Å². The van der Waals surface area contributed by atoms with Crippen molar-refractivity contribution in [2.24, 2.45) is 0 Å². The molecule has 0 saturated carbocycles. The monoisotopic (exact) mass is 567 g/mol. The van der Waals surface area contributed by atoms with E-state index < -0.39 is 0 Å². The lowest BCUT2D eigenvalue weighted by molar-refractivity contribution is 0.669. The minimum atomic E-state index is 0.654. The van der Waals surface area contributed by atoms with Crippen LogP contribution in [0.1, 0.15) is 0 Å². The summed E-state index contributed by atoms with van der Waals surface area (Å²) in [5, 5.41) is 8.14.